The highest BCUT2D eigenvalue weighted by atomic mass is 16.5. The molecule has 25 heavy (non-hydrogen) atoms. The number of H-pyrrole nitrogens is 1. The average molecular weight is 344 g/mol. The minimum Gasteiger partial charge on any atom is -0.383 e. The van der Waals surface area contributed by atoms with Gasteiger partial charge >= 0.3 is 0 Å². The number of nitrogens with zero attached hydrogens (tertiary/aromatic N) is 3. The number of likely N-dealkylation sites (tertiary alicyclic amines) is 1. The van der Waals surface area contributed by atoms with Crippen molar-refractivity contribution in [3.05, 3.63) is 51.5 Å². The third-order valence-corrected chi connectivity index (χ3v) is 5.15. The van der Waals surface area contributed by atoms with Gasteiger partial charge < -0.3 is 14.3 Å². The molecule has 3 rings (SSSR count). The number of ether oxygens (including phenoxy) is 1. The normalized spacial score (nSPS) is 18.6. The van der Waals surface area contributed by atoms with Crippen LogP contribution in [0.5, 0.6) is 0 Å². The van der Waals surface area contributed by atoms with Crippen LogP contribution in [0, 0.1) is 13.8 Å². The van der Waals surface area contributed by atoms with E-state index in [2.05, 4.69) is 19.4 Å². The van der Waals surface area contributed by atoms with Crippen molar-refractivity contribution < 1.29 is 4.74 Å². The molecule has 0 spiro atoms. The Morgan fingerprint density at radius 3 is 3.04 bits per heavy atom. The smallest absolute Gasteiger partial charge is 0.187 e. The van der Waals surface area contributed by atoms with Crippen molar-refractivity contribution in [1.82, 2.24) is 19.4 Å². The lowest BCUT2D eigenvalue weighted by Crippen LogP contribution is -2.36. The Morgan fingerprint density at radius 1 is 1.40 bits per heavy atom. The van der Waals surface area contributed by atoms with Crippen molar-refractivity contribution in [3.8, 4) is 0 Å². The molecule has 6 heteroatoms. The third kappa shape index (κ3) is 4.02. The molecule has 1 fully saturated rings. The average Bonchev–Trinajstić information content (AvgIpc) is 3.09. The molecule has 1 unspecified atom stereocenters. The van der Waals surface area contributed by atoms with Crippen LogP contribution in [0.25, 0.3) is 0 Å². The number of aryl methyl sites for hydroxylation is 1. The molecular formula is C19H28N4O2. The van der Waals surface area contributed by atoms with Crippen LogP contribution in [0.4, 0.5) is 0 Å². The Morgan fingerprint density at radius 2 is 2.24 bits per heavy atom. The highest BCUT2D eigenvalue weighted by Crippen LogP contribution is 2.26. The van der Waals surface area contributed by atoms with Gasteiger partial charge in [0, 0.05) is 68.1 Å². The van der Waals surface area contributed by atoms with Crippen LogP contribution in [0.15, 0.2) is 23.4 Å². The number of methoxy groups -OCH3 is 1. The Bertz CT molecular complexity index is 765. The van der Waals surface area contributed by atoms with Crippen molar-refractivity contribution in [1.29, 1.82) is 0 Å². The van der Waals surface area contributed by atoms with Crippen LogP contribution in [0.3, 0.4) is 0 Å². The molecular weight excluding hydrogens is 316 g/mol. The lowest BCUT2D eigenvalue weighted by atomic mass is 9.96. The number of piperidine rings is 1. The van der Waals surface area contributed by atoms with Gasteiger partial charge in [0.05, 0.1) is 6.61 Å². The fourth-order valence-electron chi connectivity index (χ4n) is 3.66. The van der Waals surface area contributed by atoms with E-state index in [-0.39, 0.29) is 5.43 Å². The molecule has 2 aromatic heterocycles. The standard InChI is InChI=1S/C19H28N4O2/c1-14-11-21-17(15(2)18(14)24)13-22-7-4-5-16(12-22)19-20-6-8-23(19)9-10-25-3/h6,8,11,16H,4-5,7,9-10,12-13H2,1-3H3,(H,21,24). The molecule has 0 aliphatic carbocycles. The van der Waals surface area contributed by atoms with Gasteiger partial charge in [-0.15, -0.1) is 0 Å². The summed E-state index contributed by atoms with van der Waals surface area (Å²) in [5.74, 6) is 1.58. The summed E-state index contributed by atoms with van der Waals surface area (Å²) in [6.45, 7) is 8.13. The Balaban J connectivity index is 1.71. The van der Waals surface area contributed by atoms with Gasteiger partial charge in [-0.25, -0.2) is 4.98 Å². The molecule has 1 aliphatic rings. The lowest BCUT2D eigenvalue weighted by Gasteiger charge is -2.32. The number of nitrogens with one attached hydrogen (secondary N) is 1. The van der Waals surface area contributed by atoms with Crippen molar-refractivity contribution in [2.45, 2.75) is 45.7 Å². The third-order valence-electron chi connectivity index (χ3n) is 5.15. The second-order valence-electron chi connectivity index (χ2n) is 6.95. The number of aromatic amines is 1. The Hall–Kier alpha value is -1.92. The minimum atomic E-state index is 0.150. The summed E-state index contributed by atoms with van der Waals surface area (Å²) < 4.78 is 7.40. The number of rotatable bonds is 6. The van der Waals surface area contributed by atoms with Gasteiger partial charge in [0.1, 0.15) is 5.82 Å². The van der Waals surface area contributed by atoms with Crippen LogP contribution in [0.2, 0.25) is 0 Å². The summed E-state index contributed by atoms with van der Waals surface area (Å²) >= 11 is 0. The quantitative estimate of drug-likeness (QED) is 0.873. The Kier molecular flexibility index (Phi) is 5.71. The van der Waals surface area contributed by atoms with E-state index in [0.29, 0.717) is 12.5 Å². The first-order valence-corrected chi connectivity index (χ1v) is 9.00. The first kappa shape index (κ1) is 17.9. The summed E-state index contributed by atoms with van der Waals surface area (Å²) in [6.07, 6.45) is 8.05. The number of aromatic nitrogens is 3. The zero-order valence-corrected chi connectivity index (χ0v) is 15.4. The maximum absolute atomic E-state index is 12.2. The maximum atomic E-state index is 12.2. The van der Waals surface area contributed by atoms with Gasteiger partial charge in [0.25, 0.3) is 0 Å². The first-order valence-electron chi connectivity index (χ1n) is 9.00. The van der Waals surface area contributed by atoms with Gasteiger partial charge in [-0.3, -0.25) is 9.69 Å². The van der Waals surface area contributed by atoms with Crippen LogP contribution in [-0.4, -0.2) is 46.2 Å². The molecule has 136 valence electrons. The predicted octanol–water partition coefficient (Wildman–Crippen LogP) is 2.21. The van der Waals surface area contributed by atoms with E-state index in [9.17, 15) is 4.79 Å². The van der Waals surface area contributed by atoms with E-state index in [1.54, 1.807) is 7.11 Å². The van der Waals surface area contributed by atoms with E-state index in [1.807, 2.05) is 32.4 Å². The SMILES string of the molecule is COCCn1ccnc1C1CCCN(Cc2[nH]cc(C)c(=O)c2C)C1. The first-order chi connectivity index (χ1) is 12.1. The van der Waals surface area contributed by atoms with E-state index in [4.69, 9.17) is 4.74 Å². The number of hydrogen-bond donors (Lipinski definition) is 1. The largest absolute Gasteiger partial charge is 0.383 e. The summed E-state index contributed by atoms with van der Waals surface area (Å²) in [5.41, 5.74) is 2.79. The van der Waals surface area contributed by atoms with Gasteiger partial charge in [0.15, 0.2) is 5.43 Å². The summed E-state index contributed by atoms with van der Waals surface area (Å²) in [4.78, 5) is 22.5. The molecule has 1 saturated heterocycles. The number of imidazole rings is 1. The Labute approximate surface area is 148 Å². The molecule has 6 nitrogen and oxygen atoms in total. The van der Waals surface area contributed by atoms with Crippen molar-refractivity contribution in [2.75, 3.05) is 26.8 Å². The second-order valence-corrected chi connectivity index (χ2v) is 6.95. The minimum absolute atomic E-state index is 0.150. The van der Waals surface area contributed by atoms with Crippen molar-refractivity contribution in [3.63, 3.8) is 0 Å². The van der Waals surface area contributed by atoms with Gasteiger partial charge in [-0.2, -0.15) is 0 Å². The van der Waals surface area contributed by atoms with E-state index < -0.39 is 0 Å². The lowest BCUT2D eigenvalue weighted by molar-refractivity contribution is 0.177. The summed E-state index contributed by atoms with van der Waals surface area (Å²) in [7, 11) is 1.73. The van der Waals surface area contributed by atoms with E-state index in [1.165, 1.54) is 0 Å². The van der Waals surface area contributed by atoms with Crippen LogP contribution < -0.4 is 5.43 Å². The van der Waals surface area contributed by atoms with Crippen molar-refractivity contribution >= 4 is 0 Å². The molecule has 0 saturated carbocycles. The molecule has 0 aromatic carbocycles. The number of hydrogen-bond acceptors (Lipinski definition) is 4. The number of pyridine rings is 1. The topological polar surface area (TPSA) is 63.1 Å². The zero-order chi connectivity index (χ0) is 17.8. The predicted molar refractivity (Wildman–Crippen MR) is 97.9 cm³/mol. The van der Waals surface area contributed by atoms with E-state index >= 15 is 0 Å². The van der Waals surface area contributed by atoms with E-state index in [0.717, 1.165) is 61.7 Å². The highest BCUT2D eigenvalue weighted by molar-refractivity contribution is 5.23. The monoisotopic (exact) mass is 344 g/mol. The van der Waals surface area contributed by atoms with Crippen LogP contribution in [0.1, 0.15) is 41.4 Å². The molecule has 2 aromatic rings. The molecule has 1 N–H and O–H groups in total. The summed E-state index contributed by atoms with van der Waals surface area (Å²) in [5, 5.41) is 0. The molecule has 3 heterocycles. The van der Waals surface area contributed by atoms with Crippen LogP contribution >= 0.6 is 0 Å². The van der Waals surface area contributed by atoms with Gasteiger partial charge in [0.2, 0.25) is 0 Å². The second kappa shape index (κ2) is 7.97. The molecule has 0 radical (unpaired) electrons. The molecule has 0 bridgehead atoms. The van der Waals surface area contributed by atoms with Crippen LogP contribution in [-0.2, 0) is 17.8 Å². The fourth-order valence-corrected chi connectivity index (χ4v) is 3.66. The fraction of sp³-hybridized carbons (Fsp3) is 0.579. The molecule has 1 atom stereocenters. The molecule has 1 aliphatic heterocycles. The van der Waals surface area contributed by atoms with Gasteiger partial charge in [-0.05, 0) is 33.2 Å². The van der Waals surface area contributed by atoms with Gasteiger partial charge in [-0.1, -0.05) is 0 Å². The highest BCUT2D eigenvalue weighted by Gasteiger charge is 2.25. The zero-order valence-electron chi connectivity index (χ0n) is 15.4. The maximum Gasteiger partial charge on any atom is 0.187 e. The summed E-state index contributed by atoms with van der Waals surface area (Å²) in [6, 6.07) is 0. The molecule has 0 amide bonds. The van der Waals surface area contributed by atoms with Crippen molar-refractivity contribution in [2.24, 2.45) is 0 Å².